The molecule has 32 heavy (non-hydrogen) atoms. The van der Waals surface area contributed by atoms with E-state index in [0.717, 1.165) is 18.8 Å². The second kappa shape index (κ2) is 8.60. The van der Waals surface area contributed by atoms with E-state index in [2.05, 4.69) is 11.9 Å². The quantitative estimate of drug-likeness (QED) is 0.553. The van der Waals surface area contributed by atoms with Crippen LogP contribution in [0.5, 0.6) is 0 Å². The van der Waals surface area contributed by atoms with Crippen molar-refractivity contribution < 1.29 is 19.1 Å². The van der Waals surface area contributed by atoms with Gasteiger partial charge in [0, 0.05) is 12.0 Å². The molecule has 182 valence electrons. The van der Waals surface area contributed by atoms with E-state index in [0.29, 0.717) is 29.7 Å². The molecular weight excluding hydrogens is 402 g/mol. The Bertz CT molecular complexity index is 720. The zero-order chi connectivity index (χ0) is 23.4. The summed E-state index contributed by atoms with van der Waals surface area (Å²) in [5.41, 5.74) is -1.13. The van der Waals surface area contributed by atoms with Crippen LogP contribution in [-0.4, -0.2) is 48.7 Å². The van der Waals surface area contributed by atoms with Crippen molar-refractivity contribution in [1.29, 1.82) is 0 Å². The van der Waals surface area contributed by atoms with Crippen molar-refractivity contribution >= 4 is 11.9 Å². The van der Waals surface area contributed by atoms with Gasteiger partial charge in [-0.1, -0.05) is 12.8 Å². The first-order valence-electron chi connectivity index (χ1n) is 13.0. The van der Waals surface area contributed by atoms with Crippen LogP contribution >= 0.6 is 0 Å². The van der Waals surface area contributed by atoms with Crippen LogP contribution in [0.3, 0.4) is 0 Å². The Morgan fingerprint density at radius 1 is 0.781 bits per heavy atom. The Labute approximate surface area is 195 Å². The molecule has 0 spiro atoms. The molecule has 8 unspecified atom stereocenters. The first kappa shape index (κ1) is 24.0. The van der Waals surface area contributed by atoms with Gasteiger partial charge in [0.2, 0.25) is 0 Å². The minimum Gasteiger partial charge on any atom is -0.458 e. The van der Waals surface area contributed by atoms with Crippen LogP contribution in [0.25, 0.3) is 0 Å². The van der Waals surface area contributed by atoms with Crippen molar-refractivity contribution in [1.82, 2.24) is 4.90 Å². The topological polar surface area (TPSA) is 55.8 Å². The lowest BCUT2D eigenvalue weighted by Gasteiger charge is -2.60. The lowest BCUT2D eigenvalue weighted by Crippen LogP contribution is -2.62. The number of rotatable bonds is 2. The number of fused-ring (bicyclic) bond motifs is 2. The van der Waals surface area contributed by atoms with Crippen LogP contribution in [0.2, 0.25) is 0 Å². The summed E-state index contributed by atoms with van der Waals surface area (Å²) in [7, 11) is 2.31. The van der Waals surface area contributed by atoms with Gasteiger partial charge in [-0.3, -0.25) is 9.59 Å². The van der Waals surface area contributed by atoms with Crippen molar-refractivity contribution in [3.8, 4) is 0 Å². The summed E-state index contributed by atoms with van der Waals surface area (Å²) >= 11 is 0. The maximum absolute atomic E-state index is 13.1. The third kappa shape index (κ3) is 4.48. The minimum atomic E-state index is -0.567. The summed E-state index contributed by atoms with van der Waals surface area (Å²) in [5, 5.41) is 0. The van der Waals surface area contributed by atoms with Crippen LogP contribution in [0.4, 0.5) is 0 Å². The SMILES string of the molecule is CN1CCC2CCCC3C4C(CCC(OC(=O)C(C)(C)C)C4OC(=O)C(C)(C)C)CC1C23. The Hall–Kier alpha value is -1.10. The number of carbonyl (C=O) groups is 2. The number of carbonyl (C=O) groups excluding carboxylic acids is 2. The van der Waals surface area contributed by atoms with Crippen LogP contribution in [-0.2, 0) is 19.1 Å². The smallest absolute Gasteiger partial charge is 0.311 e. The summed E-state index contributed by atoms with van der Waals surface area (Å²) in [6.07, 6.45) is 7.54. The Balaban J connectivity index is 1.66. The normalized spacial score (nSPS) is 40.1. The fourth-order valence-corrected chi connectivity index (χ4v) is 7.23. The number of hydrogen-bond donors (Lipinski definition) is 0. The predicted molar refractivity (Wildman–Crippen MR) is 125 cm³/mol. The van der Waals surface area contributed by atoms with E-state index < -0.39 is 10.8 Å². The maximum atomic E-state index is 13.1. The van der Waals surface area contributed by atoms with E-state index in [4.69, 9.17) is 9.47 Å². The fourth-order valence-electron chi connectivity index (χ4n) is 7.23. The van der Waals surface area contributed by atoms with Crippen LogP contribution < -0.4 is 0 Å². The number of esters is 2. The Morgan fingerprint density at radius 2 is 1.44 bits per heavy atom. The number of piperidine rings is 1. The van der Waals surface area contributed by atoms with Crippen molar-refractivity contribution in [2.24, 2.45) is 40.4 Å². The average molecular weight is 448 g/mol. The van der Waals surface area contributed by atoms with Gasteiger partial charge in [0.25, 0.3) is 0 Å². The molecule has 3 aliphatic carbocycles. The highest BCUT2D eigenvalue weighted by Crippen LogP contribution is 2.57. The highest BCUT2D eigenvalue weighted by atomic mass is 16.6. The molecule has 1 saturated heterocycles. The van der Waals surface area contributed by atoms with Crippen molar-refractivity contribution in [2.75, 3.05) is 13.6 Å². The summed E-state index contributed by atoms with van der Waals surface area (Å²) in [4.78, 5) is 28.5. The largest absolute Gasteiger partial charge is 0.458 e. The highest BCUT2D eigenvalue weighted by Gasteiger charge is 2.57. The van der Waals surface area contributed by atoms with E-state index in [9.17, 15) is 9.59 Å². The summed E-state index contributed by atoms with van der Waals surface area (Å²) in [6.45, 7) is 12.6. The molecule has 4 rings (SSSR count). The summed E-state index contributed by atoms with van der Waals surface area (Å²) in [6, 6.07) is 0.660. The molecule has 8 atom stereocenters. The van der Waals surface area contributed by atoms with Gasteiger partial charge in [-0.15, -0.1) is 0 Å². The Kier molecular flexibility index (Phi) is 6.46. The maximum Gasteiger partial charge on any atom is 0.311 e. The van der Waals surface area contributed by atoms with E-state index in [1.807, 2.05) is 41.5 Å². The minimum absolute atomic E-state index is 0.171. The predicted octanol–water partition coefficient (Wildman–Crippen LogP) is 5.07. The molecule has 0 bridgehead atoms. The van der Waals surface area contributed by atoms with Crippen molar-refractivity contribution in [2.45, 2.75) is 105 Å². The molecule has 0 aromatic carbocycles. The third-order valence-corrected chi connectivity index (χ3v) is 8.89. The van der Waals surface area contributed by atoms with Crippen LogP contribution in [0, 0.1) is 40.4 Å². The molecule has 0 amide bonds. The third-order valence-electron chi connectivity index (χ3n) is 8.89. The van der Waals surface area contributed by atoms with Gasteiger partial charge in [-0.05, 0) is 111 Å². The molecule has 5 nitrogen and oxygen atoms in total. The average Bonchev–Trinajstić information content (AvgIpc) is 2.70. The van der Waals surface area contributed by atoms with E-state index in [1.54, 1.807) is 0 Å². The van der Waals surface area contributed by atoms with Crippen molar-refractivity contribution in [3.05, 3.63) is 0 Å². The zero-order valence-corrected chi connectivity index (χ0v) is 21.4. The van der Waals surface area contributed by atoms with E-state index in [-0.39, 0.29) is 24.1 Å². The lowest BCUT2D eigenvalue weighted by molar-refractivity contribution is -0.206. The molecule has 1 aliphatic heterocycles. The van der Waals surface area contributed by atoms with Gasteiger partial charge >= 0.3 is 11.9 Å². The first-order valence-corrected chi connectivity index (χ1v) is 13.0. The molecular formula is C27H45NO4. The van der Waals surface area contributed by atoms with Gasteiger partial charge in [-0.2, -0.15) is 0 Å². The molecule has 0 aromatic heterocycles. The molecule has 0 aromatic rings. The molecule has 0 radical (unpaired) electrons. The zero-order valence-electron chi connectivity index (χ0n) is 21.4. The fraction of sp³-hybridized carbons (Fsp3) is 0.926. The number of likely N-dealkylation sites (tertiary alicyclic amines) is 1. The van der Waals surface area contributed by atoms with Crippen molar-refractivity contribution in [3.63, 3.8) is 0 Å². The second-order valence-corrected chi connectivity index (χ2v) is 13.2. The number of nitrogens with zero attached hydrogens (tertiary/aromatic N) is 1. The molecule has 0 N–H and O–H groups in total. The summed E-state index contributed by atoms with van der Waals surface area (Å²) < 4.78 is 12.4. The van der Waals surface area contributed by atoms with Gasteiger partial charge in [-0.25, -0.2) is 0 Å². The lowest BCUT2D eigenvalue weighted by atomic mass is 9.51. The molecule has 4 fully saturated rings. The van der Waals surface area contributed by atoms with E-state index in [1.165, 1.54) is 38.6 Å². The van der Waals surface area contributed by atoms with E-state index >= 15 is 0 Å². The number of hydrogen-bond acceptors (Lipinski definition) is 5. The molecule has 5 heteroatoms. The second-order valence-electron chi connectivity index (χ2n) is 13.2. The molecule has 3 saturated carbocycles. The van der Waals surface area contributed by atoms with Gasteiger partial charge in [0.05, 0.1) is 10.8 Å². The van der Waals surface area contributed by atoms with Crippen LogP contribution in [0.1, 0.15) is 86.5 Å². The standard InChI is InChI=1S/C27H45NO4/c1-26(2,3)24(29)31-20-12-11-17-15-19-21-16(13-14-28(19)7)9-8-10-18(21)22(17)23(20)32-25(30)27(4,5)6/h16-23H,8-15H2,1-7H3. The van der Waals surface area contributed by atoms with Gasteiger partial charge in [0.1, 0.15) is 12.2 Å². The van der Waals surface area contributed by atoms with Gasteiger partial charge < -0.3 is 14.4 Å². The molecule has 4 aliphatic rings. The number of ether oxygens (including phenoxy) is 2. The molecule has 1 heterocycles. The highest BCUT2D eigenvalue weighted by molar-refractivity contribution is 5.76. The van der Waals surface area contributed by atoms with Gasteiger partial charge in [0.15, 0.2) is 0 Å². The van der Waals surface area contributed by atoms with Crippen LogP contribution in [0.15, 0.2) is 0 Å². The summed E-state index contributed by atoms with van der Waals surface area (Å²) in [5.74, 6) is 2.55. The first-order chi connectivity index (χ1) is 14.9. The Morgan fingerprint density at radius 3 is 2.09 bits per heavy atom. The monoisotopic (exact) mass is 447 g/mol.